The zero-order chi connectivity index (χ0) is 29.7. The Morgan fingerprint density at radius 2 is 1.55 bits per heavy atom. The highest BCUT2D eigenvalue weighted by atomic mass is 32.2. The number of alkyl halides is 3. The number of carbonyl (C=O) groups excluding carboxylic acids is 1. The van der Waals surface area contributed by atoms with Crippen LogP contribution in [-0.4, -0.2) is 20.7 Å². The van der Waals surface area contributed by atoms with Crippen LogP contribution in [0.1, 0.15) is 50.0 Å². The Hall–Kier alpha value is -4.37. The van der Waals surface area contributed by atoms with Crippen LogP contribution in [0.15, 0.2) is 108 Å². The zero-order valence-electron chi connectivity index (χ0n) is 23.1. The Labute approximate surface area is 246 Å². The number of halogens is 3. The number of rotatable bonds is 9. The van der Waals surface area contributed by atoms with Crippen molar-refractivity contribution in [3.63, 3.8) is 0 Å². The molecule has 0 spiro atoms. The number of nitrogens with one attached hydrogen (secondary N) is 1. The van der Waals surface area contributed by atoms with E-state index >= 15 is 0 Å². The smallest absolute Gasteiger partial charge is 0.342 e. The predicted molar refractivity (Wildman–Crippen MR) is 159 cm³/mol. The minimum absolute atomic E-state index is 0.0849. The van der Waals surface area contributed by atoms with Crippen molar-refractivity contribution in [2.24, 2.45) is 0 Å². The second-order valence-corrected chi connectivity index (χ2v) is 11.0. The number of aromatic nitrogens is 3. The number of benzene rings is 4. The second-order valence-electron chi connectivity index (χ2n) is 10.1. The van der Waals surface area contributed by atoms with Crippen molar-refractivity contribution in [2.75, 3.05) is 0 Å². The summed E-state index contributed by atoms with van der Waals surface area (Å²) in [5.74, 6) is 0.509. The third-order valence-corrected chi connectivity index (χ3v) is 7.75. The summed E-state index contributed by atoms with van der Waals surface area (Å²) in [7, 11) is 0. The Morgan fingerprint density at radius 3 is 2.26 bits per heavy atom. The number of thioether (sulfide) groups is 1. The van der Waals surface area contributed by atoms with Crippen LogP contribution in [0.2, 0.25) is 0 Å². The van der Waals surface area contributed by atoms with Crippen LogP contribution >= 0.6 is 11.8 Å². The van der Waals surface area contributed by atoms with E-state index in [4.69, 9.17) is 0 Å². The molecule has 1 amide bonds. The van der Waals surface area contributed by atoms with Crippen LogP contribution in [0.4, 0.5) is 13.2 Å². The van der Waals surface area contributed by atoms with E-state index in [1.165, 1.54) is 23.9 Å². The monoisotopic (exact) mass is 586 g/mol. The Morgan fingerprint density at radius 1 is 0.833 bits per heavy atom. The second kappa shape index (κ2) is 12.7. The van der Waals surface area contributed by atoms with Gasteiger partial charge in [0.15, 0.2) is 11.0 Å². The summed E-state index contributed by atoms with van der Waals surface area (Å²) in [6.07, 6.45) is -4.20. The van der Waals surface area contributed by atoms with Gasteiger partial charge in [0.05, 0.1) is 11.6 Å². The molecule has 0 bridgehead atoms. The first-order chi connectivity index (χ1) is 20.2. The molecule has 0 saturated heterocycles. The van der Waals surface area contributed by atoms with Crippen LogP contribution in [0.3, 0.4) is 0 Å². The largest absolute Gasteiger partial charge is 0.416 e. The number of nitrogens with zero attached hydrogens (tertiary/aromatic N) is 3. The molecule has 0 aliphatic carbocycles. The van der Waals surface area contributed by atoms with Crippen LogP contribution < -0.4 is 5.32 Å². The Bertz CT molecular complexity index is 1670. The number of hydrogen-bond acceptors (Lipinski definition) is 4. The van der Waals surface area contributed by atoms with Gasteiger partial charge in [0.2, 0.25) is 0 Å². The molecule has 9 heteroatoms. The van der Waals surface area contributed by atoms with Gasteiger partial charge in [-0.15, -0.1) is 10.2 Å². The number of hydrogen-bond donors (Lipinski definition) is 1. The molecule has 42 heavy (non-hydrogen) atoms. The maximum Gasteiger partial charge on any atom is 0.416 e. The van der Waals surface area contributed by atoms with E-state index in [-0.39, 0.29) is 5.56 Å². The normalized spacial score (nSPS) is 12.2. The van der Waals surface area contributed by atoms with Gasteiger partial charge in [-0.1, -0.05) is 95.7 Å². The molecule has 5 aromatic rings. The molecule has 1 aromatic heterocycles. The molecule has 1 heterocycles. The van der Waals surface area contributed by atoms with Crippen LogP contribution in [-0.2, 0) is 18.3 Å². The average Bonchev–Trinajstić information content (AvgIpc) is 3.40. The summed E-state index contributed by atoms with van der Waals surface area (Å²) < 4.78 is 42.1. The van der Waals surface area contributed by atoms with Gasteiger partial charge in [0.1, 0.15) is 0 Å². The van der Waals surface area contributed by atoms with Crippen molar-refractivity contribution in [1.29, 1.82) is 0 Å². The number of aryl methyl sites for hydroxylation is 2. The SMILES string of the molecule is Cc1ccc(-n2c(SCc3cccc(C)c3)nnc2C(Cc2ccccc2)NC(=O)c2cccc(C(F)(F)F)c2)cc1. The molecule has 0 aliphatic heterocycles. The molecule has 1 unspecified atom stereocenters. The molecular formula is C33H29F3N4OS. The number of amides is 1. The molecule has 214 valence electrons. The van der Waals surface area contributed by atoms with E-state index in [1.54, 1.807) is 0 Å². The fraction of sp³-hybridized carbons (Fsp3) is 0.182. The number of carbonyl (C=O) groups is 1. The minimum atomic E-state index is -4.56. The third-order valence-electron chi connectivity index (χ3n) is 6.75. The maximum atomic E-state index is 13.4. The molecule has 1 N–H and O–H groups in total. The van der Waals surface area contributed by atoms with Crippen molar-refractivity contribution in [1.82, 2.24) is 20.1 Å². The summed E-state index contributed by atoms with van der Waals surface area (Å²) in [4.78, 5) is 13.4. The van der Waals surface area contributed by atoms with Gasteiger partial charge < -0.3 is 5.32 Å². The highest BCUT2D eigenvalue weighted by Crippen LogP contribution is 2.31. The first-order valence-corrected chi connectivity index (χ1v) is 14.4. The van der Waals surface area contributed by atoms with Crippen LogP contribution in [0.5, 0.6) is 0 Å². The topological polar surface area (TPSA) is 59.8 Å². The van der Waals surface area contributed by atoms with E-state index in [1.807, 2.05) is 85.1 Å². The van der Waals surface area contributed by atoms with Crippen LogP contribution in [0.25, 0.3) is 5.69 Å². The fourth-order valence-corrected chi connectivity index (χ4v) is 5.52. The van der Waals surface area contributed by atoms with Gasteiger partial charge in [-0.2, -0.15) is 13.2 Å². The lowest BCUT2D eigenvalue weighted by Crippen LogP contribution is -2.32. The molecule has 5 rings (SSSR count). The van der Waals surface area contributed by atoms with Crippen molar-refractivity contribution in [3.05, 3.63) is 142 Å². The Kier molecular flexibility index (Phi) is 8.77. The predicted octanol–water partition coefficient (Wildman–Crippen LogP) is 7.91. The highest BCUT2D eigenvalue weighted by Gasteiger charge is 2.31. The van der Waals surface area contributed by atoms with E-state index in [2.05, 4.69) is 27.6 Å². The minimum Gasteiger partial charge on any atom is -0.342 e. The third kappa shape index (κ3) is 7.09. The van der Waals surface area contributed by atoms with Crippen molar-refractivity contribution in [2.45, 2.75) is 43.4 Å². The molecule has 0 aliphatic rings. The summed E-state index contributed by atoms with van der Waals surface area (Å²) in [6, 6.07) is 29.4. The molecule has 5 nitrogen and oxygen atoms in total. The lowest BCUT2D eigenvalue weighted by atomic mass is 10.0. The quantitative estimate of drug-likeness (QED) is 0.178. The van der Waals surface area contributed by atoms with Gasteiger partial charge in [-0.05, 0) is 61.7 Å². The summed E-state index contributed by atoms with van der Waals surface area (Å²) in [5, 5.41) is 12.7. The van der Waals surface area contributed by atoms with Crippen molar-refractivity contribution >= 4 is 17.7 Å². The molecule has 0 saturated carbocycles. The fourth-order valence-electron chi connectivity index (χ4n) is 4.62. The standard InChI is InChI=1S/C33H29F3N4OS/c1-22-14-16-28(17-15-22)40-30(38-39-32(40)42-21-25-11-6-8-23(2)18-25)29(19-24-9-4-3-5-10-24)37-31(41)26-12-7-13-27(20-26)33(34,35)36/h3-18,20,29H,19,21H2,1-2H3,(H,37,41). The molecular weight excluding hydrogens is 557 g/mol. The summed E-state index contributed by atoms with van der Waals surface area (Å²) in [5.41, 5.74) is 4.16. The molecule has 4 aromatic carbocycles. The lowest BCUT2D eigenvalue weighted by molar-refractivity contribution is -0.137. The van der Waals surface area contributed by atoms with Gasteiger partial charge >= 0.3 is 6.18 Å². The van der Waals surface area contributed by atoms with E-state index < -0.39 is 23.7 Å². The molecule has 0 fully saturated rings. The van der Waals surface area contributed by atoms with Gasteiger partial charge in [-0.3, -0.25) is 9.36 Å². The lowest BCUT2D eigenvalue weighted by Gasteiger charge is -2.21. The average molecular weight is 587 g/mol. The van der Waals surface area contributed by atoms with Gasteiger partial charge in [0.25, 0.3) is 5.91 Å². The molecule has 1 atom stereocenters. The Balaban J connectivity index is 1.54. The van der Waals surface area contributed by atoms with Crippen LogP contribution in [0, 0.1) is 13.8 Å². The first-order valence-electron chi connectivity index (χ1n) is 13.4. The van der Waals surface area contributed by atoms with Crippen molar-refractivity contribution in [3.8, 4) is 5.69 Å². The summed E-state index contributed by atoms with van der Waals surface area (Å²) in [6.45, 7) is 4.04. The maximum absolute atomic E-state index is 13.4. The first kappa shape index (κ1) is 29.1. The van der Waals surface area contributed by atoms with Gasteiger partial charge in [-0.25, -0.2) is 0 Å². The van der Waals surface area contributed by atoms with E-state index in [9.17, 15) is 18.0 Å². The van der Waals surface area contributed by atoms with Gasteiger partial charge in [0, 0.05) is 17.0 Å². The van der Waals surface area contributed by atoms with Crippen molar-refractivity contribution < 1.29 is 18.0 Å². The van der Waals surface area contributed by atoms with E-state index in [0.29, 0.717) is 23.2 Å². The van der Waals surface area contributed by atoms with E-state index in [0.717, 1.165) is 40.1 Å². The summed E-state index contributed by atoms with van der Waals surface area (Å²) >= 11 is 1.52. The molecule has 0 radical (unpaired) electrons. The highest BCUT2D eigenvalue weighted by molar-refractivity contribution is 7.98. The zero-order valence-corrected chi connectivity index (χ0v) is 23.9.